The highest BCUT2D eigenvalue weighted by atomic mass is 14.6. The van der Waals surface area contributed by atoms with Gasteiger partial charge in [-0.05, 0) is 66.2 Å². The first-order chi connectivity index (χ1) is 18.8. The van der Waals surface area contributed by atoms with Gasteiger partial charge in [0.2, 0.25) is 0 Å². The van der Waals surface area contributed by atoms with Gasteiger partial charge in [0, 0.05) is 18.0 Å². The van der Waals surface area contributed by atoms with Gasteiger partial charge in [-0.25, -0.2) is 0 Å². The topological polar surface area (TPSA) is 36.7 Å². The Labute approximate surface area is 221 Å². The van der Waals surface area contributed by atoms with Crippen LogP contribution < -0.4 is 0 Å². The van der Waals surface area contributed by atoms with E-state index in [9.17, 15) is 5.26 Å². The molecule has 2 nitrogen and oxygen atoms in total. The summed E-state index contributed by atoms with van der Waals surface area (Å²) in [5, 5.41) is 16.7. The highest BCUT2D eigenvalue weighted by Crippen LogP contribution is 2.45. The number of rotatable bonds is 3. The molecular formula is C36H22N2. The van der Waals surface area contributed by atoms with E-state index in [0.29, 0.717) is 5.56 Å². The molecule has 0 atom stereocenters. The maximum Gasteiger partial charge on any atom is 0.101 e. The molecule has 7 rings (SSSR count). The van der Waals surface area contributed by atoms with E-state index in [-0.39, 0.29) is 0 Å². The van der Waals surface area contributed by atoms with Gasteiger partial charge in [0.15, 0.2) is 0 Å². The lowest BCUT2D eigenvalue weighted by atomic mass is 9.84. The maximum atomic E-state index is 9.28. The molecule has 0 saturated heterocycles. The SMILES string of the molecule is N#Cc1cncc(-c2ccc(-c3c4ccccc4c(-c4cccc5ccccc45)c4ccccc34)cc2)c1. The lowest BCUT2D eigenvalue weighted by molar-refractivity contribution is 1.30. The molecule has 0 fully saturated rings. The molecular weight excluding hydrogens is 460 g/mol. The first-order valence-corrected chi connectivity index (χ1v) is 12.7. The van der Waals surface area contributed by atoms with Crippen molar-refractivity contribution in [2.75, 3.05) is 0 Å². The van der Waals surface area contributed by atoms with Crippen LogP contribution >= 0.6 is 0 Å². The summed E-state index contributed by atoms with van der Waals surface area (Å²) < 4.78 is 0. The van der Waals surface area contributed by atoms with Crippen LogP contribution in [-0.4, -0.2) is 4.98 Å². The van der Waals surface area contributed by atoms with Crippen molar-refractivity contribution in [2.24, 2.45) is 0 Å². The van der Waals surface area contributed by atoms with E-state index in [1.165, 1.54) is 49.0 Å². The molecule has 0 bridgehead atoms. The second-order valence-corrected chi connectivity index (χ2v) is 9.52. The second kappa shape index (κ2) is 9.00. The molecule has 0 amide bonds. The molecule has 2 heteroatoms. The Morgan fingerprint density at radius 3 is 1.68 bits per heavy atom. The minimum Gasteiger partial charge on any atom is -0.263 e. The summed E-state index contributed by atoms with van der Waals surface area (Å²) in [4.78, 5) is 4.23. The lowest BCUT2D eigenvalue weighted by Gasteiger charge is -2.19. The van der Waals surface area contributed by atoms with Gasteiger partial charge in [0.1, 0.15) is 6.07 Å². The average Bonchev–Trinajstić information content (AvgIpc) is 3.00. The van der Waals surface area contributed by atoms with E-state index in [1.54, 1.807) is 12.4 Å². The van der Waals surface area contributed by atoms with Crippen molar-refractivity contribution in [3.05, 3.63) is 139 Å². The zero-order chi connectivity index (χ0) is 25.5. The Kier molecular flexibility index (Phi) is 5.20. The number of fused-ring (bicyclic) bond motifs is 3. The minimum absolute atomic E-state index is 0.563. The van der Waals surface area contributed by atoms with Gasteiger partial charge in [0.25, 0.3) is 0 Å². The van der Waals surface area contributed by atoms with Crippen molar-refractivity contribution in [1.29, 1.82) is 5.26 Å². The Morgan fingerprint density at radius 2 is 1.03 bits per heavy atom. The number of nitriles is 1. The fraction of sp³-hybridized carbons (Fsp3) is 0. The lowest BCUT2D eigenvalue weighted by Crippen LogP contribution is -1.91. The van der Waals surface area contributed by atoms with Crippen LogP contribution in [0, 0.1) is 11.3 Å². The molecule has 0 spiro atoms. The quantitative estimate of drug-likeness (QED) is 0.235. The molecule has 0 radical (unpaired) electrons. The summed E-state index contributed by atoms with van der Waals surface area (Å²) in [6.07, 6.45) is 3.40. The fourth-order valence-electron chi connectivity index (χ4n) is 5.66. The maximum absolute atomic E-state index is 9.28. The Balaban J connectivity index is 1.50. The number of pyridine rings is 1. The molecule has 1 heterocycles. The van der Waals surface area contributed by atoms with Crippen molar-refractivity contribution >= 4 is 32.3 Å². The van der Waals surface area contributed by atoms with E-state index in [1.807, 2.05) is 6.07 Å². The zero-order valence-electron chi connectivity index (χ0n) is 20.6. The van der Waals surface area contributed by atoms with Crippen LogP contribution in [0.2, 0.25) is 0 Å². The smallest absolute Gasteiger partial charge is 0.101 e. The summed E-state index contributed by atoms with van der Waals surface area (Å²) >= 11 is 0. The minimum atomic E-state index is 0.563. The molecule has 176 valence electrons. The molecule has 38 heavy (non-hydrogen) atoms. The van der Waals surface area contributed by atoms with E-state index in [4.69, 9.17) is 0 Å². The monoisotopic (exact) mass is 482 g/mol. The molecule has 0 unspecified atom stereocenters. The molecule has 0 N–H and O–H groups in total. The Hall–Kier alpha value is -5.26. The third-order valence-electron chi connectivity index (χ3n) is 7.36. The normalized spacial score (nSPS) is 11.1. The van der Waals surface area contributed by atoms with Crippen LogP contribution in [0.4, 0.5) is 0 Å². The Morgan fingerprint density at radius 1 is 0.474 bits per heavy atom. The molecule has 7 aromatic rings. The molecule has 0 aliphatic heterocycles. The van der Waals surface area contributed by atoms with Crippen molar-refractivity contribution < 1.29 is 0 Å². The highest BCUT2D eigenvalue weighted by molar-refractivity contribution is 6.23. The van der Waals surface area contributed by atoms with Gasteiger partial charge in [-0.2, -0.15) is 5.26 Å². The van der Waals surface area contributed by atoms with E-state index < -0.39 is 0 Å². The van der Waals surface area contributed by atoms with Gasteiger partial charge in [-0.1, -0.05) is 115 Å². The van der Waals surface area contributed by atoms with Gasteiger partial charge in [0.05, 0.1) is 5.56 Å². The molecule has 0 aliphatic carbocycles. The summed E-state index contributed by atoms with van der Waals surface area (Å²) in [6.45, 7) is 0. The first-order valence-electron chi connectivity index (χ1n) is 12.7. The molecule has 0 saturated carbocycles. The average molecular weight is 483 g/mol. The molecule has 6 aromatic carbocycles. The fourth-order valence-corrected chi connectivity index (χ4v) is 5.66. The third kappa shape index (κ3) is 3.53. The van der Waals surface area contributed by atoms with Gasteiger partial charge in [-0.3, -0.25) is 4.98 Å². The summed E-state index contributed by atoms with van der Waals surface area (Å²) in [6, 6.07) is 45.3. The number of aromatic nitrogens is 1. The van der Waals surface area contributed by atoms with Gasteiger partial charge >= 0.3 is 0 Å². The number of benzene rings is 6. The Bertz CT molecular complexity index is 1970. The van der Waals surface area contributed by atoms with Crippen LogP contribution in [0.1, 0.15) is 5.56 Å². The number of nitrogens with zero attached hydrogens (tertiary/aromatic N) is 2. The number of hydrogen-bond donors (Lipinski definition) is 0. The van der Waals surface area contributed by atoms with Crippen LogP contribution in [0.15, 0.2) is 134 Å². The molecule has 1 aromatic heterocycles. The summed E-state index contributed by atoms with van der Waals surface area (Å²) in [5.74, 6) is 0. The van der Waals surface area contributed by atoms with Crippen molar-refractivity contribution in [2.45, 2.75) is 0 Å². The van der Waals surface area contributed by atoms with Crippen LogP contribution in [-0.2, 0) is 0 Å². The predicted molar refractivity (Wildman–Crippen MR) is 158 cm³/mol. The van der Waals surface area contributed by atoms with Crippen molar-refractivity contribution in [3.63, 3.8) is 0 Å². The number of hydrogen-bond acceptors (Lipinski definition) is 2. The van der Waals surface area contributed by atoms with Crippen molar-refractivity contribution in [3.8, 4) is 39.4 Å². The van der Waals surface area contributed by atoms with E-state index in [0.717, 1.165) is 16.7 Å². The van der Waals surface area contributed by atoms with Gasteiger partial charge in [-0.15, -0.1) is 0 Å². The van der Waals surface area contributed by atoms with Crippen LogP contribution in [0.25, 0.3) is 65.7 Å². The largest absolute Gasteiger partial charge is 0.263 e. The molecule has 0 aliphatic rings. The standard InChI is InChI=1S/C36H22N2/c37-21-24-20-28(23-38-22-24)25-16-18-27(19-17-25)35-31-11-3-5-13-33(31)36(34-14-6-4-12-32(34)35)30-15-7-9-26-8-1-2-10-29(26)30/h1-20,22-23H. The van der Waals surface area contributed by atoms with Crippen molar-refractivity contribution in [1.82, 2.24) is 4.98 Å². The van der Waals surface area contributed by atoms with E-state index >= 15 is 0 Å². The zero-order valence-corrected chi connectivity index (χ0v) is 20.6. The van der Waals surface area contributed by atoms with Crippen LogP contribution in [0.5, 0.6) is 0 Å². The highest BCUT2D eigenvalue weighted by Gasteiger charge is 2.17. The summed E-state index contributed by atoms with van der Waals surface area (Å²) in [5.41, 5.74) is 7.46. The van der Waals surface area contributed by atoms with Gasteiger partial charge < -0.3 is 0 Å². The van der Waals surface area contributed by atoms with E-state index in [2.05, 4.69) is 126 Å². The summed E-state index contributed by atoms with van der Waals surface area (Å²) in [7, 11) is 0. The van der Waals surface area contributed by atoms with Crippen LogP contribution in [0.3, 0.4) is 0 Å². The first kappa shape index (κ1) is 22.0. The third-order valence-corrected chi connectivity index (χ3v) is 7.36. The predicted octanol–water partition coefficient (Wildman–Crippen LogP) is 9.41. The second-order valence-electron chi connectivity index (χ2n) is 9.52.